The second-order valence-corrected chi connectivity index (χ2v) is 7.15. The number of rotatable bonds is 7. The van der Waals surface area contributed by atoms with Crippen molar-refractivity contribution < 1.29 is 8.42 Å². The van der Waals surface area contributed by atoms with E-state index in [1.165, 1.54) is 11.3 Å². The van der Waals surface area contributed by atoms with Gasteiger partial charge in [0.1, 0.15) is 0 Å². The molecule has 6 heteroatoms. The lowest BCUT2D eigenvalue weighted by molar-refractivity contribution is 0.582. The summed E-state index contributed by atoms with van der Waals surface area (Å²) in [5.74, 6) is 0. The third kappa shape index (κ3) is 4.06. The van der Waals surface area contributed by atoms with Crippen molar-refractivity contribution in [2.45, 2.75) is 24.8 Å². The highest BCUT2D eigenvalue weighted by atomic mass is 32.2. The lowest BCUT2D eigenvalue weighted by atomic mass is 10.3. The lowest BCUT2D eigenvalue weighted by Crippen LogP contribution is -2.22. The second-order valence-electron chi connectivity index (χ2n) is 4.36. The third-order valence-electron chi connectivity index (χ3n) is 2.76. The first kappa shape index (κ1) is 15.0. The molecular weight excluding hydrogens is 292 g/mol. The molecule has 2 N–H and O–H groups in total. The molecule has 0 aliphatic heterocycles. The van der Waals surface area contributed by atoms with Crippen molar-refractivity contribution in [1.29, 1.82) is 0 Å². The van der Waals surface area contributed by atoms with E-state index in [1.54, 1.807) is 24.3 Å². The van der Waals surface area contributed by atoms with Gasteiger partial charge in [0, 0.05) is 23.7 Å². The van der Waals surface area contributed by atoms with Crippen molar-refractivity contribution in [2.24, 2.45) is 0 Å². The summed E-state index contributed by atoms with van der Waals surface area (Å²) >= 11 is 1.53. The monoisotopic (exact) mass is 310 g/mol. The Labute approximate surface area is 123 Å². The molecule has 4 nitrogen and oxygen atoms in total. The zero-order valence-corrected chi connectivity index (χ0v) is 12.9. The van der Waals surface area contributed by atoms with Gasteiger partial charge >= 0.3 is 0 Å². The zero-order chi connectivity index (χ0) is 14.4. The van der Waals surface area contributed by atoms with E-state index < -0.39 is 10.0 Å². The smallest absolute Gasteiger partial charge is 0.240 e. The van der Waals surface area contributed by atoms with Gasteiger partial charge in [0.2, 0.25) is 10.0 Å². The first-order valence-electron chi connectivity index (χ1n) is 6.48. The van der Waals surface area contributed by atoms with Crippen LogP contribution in [0.1, 0.15) is 18.2 Å². The summed E-state index contributed by atoms with van der Waals surface area (Å²) in [6.45, 7) is 3.29. The highest BCUT2D eigenvalue weighted by Crippen LogP contribution is 2.15. The fraction of sp³-hybridized carbons (Fsp3) is 0.286. The molecular formula is C14H18N2O2S2. The van der Waals surface area contributed by atoms with Gasteiger partial charge < -0.3 is 5.32 Å². The largest absolute Gasteiger partial charge is 0.385 e. The SMILES string of the molecule is CCCNc1ccc(S(=O)(=O)NCc2cccs2)cc1. The number of anilines is 1. The van der Waals surface area contributed by atoms with Gasteiger partial charge in [0.05, 0.1) is 4.90 Å². The predicted octanol–water partition coefficient (Wildman–Crippen LogP) is 3.05. The molecule has 1 aromatic carbocycles. The van der Waals surface area contributed by atoms with Crippen LogP contribution in [0.4, 0.5) is 5.69 Å². The number of hydrogen-bond donors (Lipinski definition) is 2. The molecule has 0 atom stereocenters. The number of hydrogen-bond acceptors (Lipinski definition) is 4. The number of thiophene rings is 1. The van der Waals surface area contributed by atoms with Crippen molar-refractivity contribution in [3.05, 3.63) is 46.7 Å². The van der Waals surface area contributed by atoms with E-state index in [2.05, 4.69) is 17.0 Å². The first-order valence-corrected chi connectivity index (χ1v) is 8.84. The van der Waals surface area contributed by atoms with Gasteiger partial charge in [-0.1, -0.05) is 13.0 Å². The van der Waals surface area contributed by atoms with Gasteiger partial charge in [-0.3, -0.25) is 0 Å². The van der Waals surface area contributed by atoms with Gasteiger partial charge in [-0.2, -0.15) is 0 Å². The van der Waals surface area contributed by atoms with Crippen LogP contribution in [0.5, 0.6) is 0 Å². The Balaban J connectivity index is 2.01. The molecule has 0 fully saturated rings. The molecule has 0 aliphatic carbocycles. The molecule has 0 bridgehead atoms. The van der Waals surface area contributed by atoms with Crippen LogP contribution in [0, 0.1) is 0 Å². The molecule has 20 heavy (non-hydrogen) atoms. The maximum atomic E-state index is 12.1. The van der Waals surface area contributed by atoms with E-state index >= 15 is 0 Å². The molecule has 0 saturated carbocycles. The first-order chi connectivity index (χ1) is 9.62. The van der Waals surface area contributed by atoms with Crippen molar-refractivity contribution in [2.75, 3.05) is 11.9 Å². The normalized spacial score (nSPS) is 11.4. The quantitative estimate of drug-likeness (QED) is 0.826. The predicted molar refractivity (Wildman–Crippen MR) is 83.6 cm³/mol. The average molecular weight is 310 g/mol. The molecule has 0 spiro atoms. The van der Waals surface area contributed by atoms with Gasteiger partial charge in [-0.25, -0.2) is 13.1 Å². The number of benzene rings is 1. The zero-order valence-electron chi connectivity index (χ0n) is 11.3. The molecule has 0 saturated heterocycles. The van der Waals surface area contributed by atoms with E-state index in [9.17, 15) is 8.42 Å². The van der Waals surface area contributed by atoms with E-state index in [4.69, 9.17) is 0 Å². The summed E-state index contributed by atoms with van der Waals surface area (Å²) in [4.78, 5) is 1.28. The minimum Gasteiger partial charge on any atom is -0.385 e. The van der Waals surface area contributed by atoms with Crippen molar-refractivity contribution in [3.63, 3.8) is 0 Å². The number of nitrogens with one attached hydrogen (secondary N) is 2. The summed E-state index contributed by atoms with van der Waals surface area (Å²) in [6.07, 6.45) is 1.03. The van der Waals surface area contributed by atoms with Gasteiger partial charge in [-0.15, -0.1) is 11.3 Å². The Morgan fingerprint density at radius 1 is 1.15 bits per heavy atom. The standard InChI is InChI=1S/C14H18N2O2S2/c1-2-9-15-12-5-7-14(8-6-12)20(17,18)16-11-13-4-3-10-19-13/h3-8,10,15-16H,2,9,11H2,1H3. The Kier molecular flexibility index (Phi) is 5.17. The molecule has 0 radical (unpaired) electrons. The minimum absolute atomic E-state index is 0.288. The van der Waals surface area contributed by atoms with Crippen LogP contribution < -0.4 is 10.0 Å². The Hall–Kier alpha value is -1.37. The van der Waals surface area contributed by atoms with Crippen molar-refractivity contribution >= 4 is 27.0 Å². The second kappa shape index (κ2) is 6.88. The topological polar surface area (TPSA) is 58.2 Å². The van der Waals surface area contributed by atoms with Crippen LogP contribution >= 0.6 is 11.3 Å². The molecule has 1 heterocycles. The summed E-state index contributed by atoms with van der Waals surface area (Å²) in [6, 6.07) is 10.6. The molecule has 0 unspecified atom stereocenters. The van der Waals surface area contributed by atoms with Crippen molar-refractivity contribution in [1.82, 2.24) is 4.72 Å². The minimum atomic E-state index is -3.44. The lowest BCUT2D eigenvalue weighted by Gasteiger charge is -2.08. The fourth-order valence-corrected chi connectivity index (χ4v) is 3.43. The summed E-state index contributed by atoms with van der Waals surface area (Å²) in [5.41, 5.74) is 0.934. The third-order valence-corrected chi connectivity index (χ3v) is 5.05. The highest BCUT2D eigenvalue weighted by molar-refractivity contribution is 7.89. The average Bonchev–Trinajstić information content (AvgIpc) is 2.97. The molecule has 2 aromatic rings. The van der Waals surface area contributed by atoms with Crippen LogP contribution in [0.15, 0.2) is 46.7 Å². The van der Waals surface area contributed by atoms with Gasteiger partial charge in [0.25, 0.3) is 0 Å². The van der Waals surface area contributed by atoms with Crippen LogP contribution in [-0.2, 0) is 16.6 Å². The molecule has 0 aliphatic rings. The van der Waals surface area contributed by atoms with Crippen LogP contribution in [0.2, 0.25) is 0 Å². The molecule has 1 aromatic heterocycles. The van der Waals surface area contributed by atoms with Crippen molar-refractivity contribution in [3.8, 4) is 0 Å². The summed E-state index contributed by atoms with van der Waals surface area (Å²) < 4.78 is 26.9. The van der Waals surface area contributed by atoms with E-state index in [1.807, 2.05) is 17.5 Å². The summed E-state index contributed by atoms with van der Waals surface area (Å²) in [7, 11) is -3.44. The number of sulfonamides is 1. The van der Waals surface area contributed by atoms with E-state index in [0.717, 1.165) is 23.5 Å². The van der Waals surface area contributed by atoms with Crippen LogP contribution in [0.25, 0.3) is 0 Å². The van der Waals surface area contributed by atoms with Crippen LogP contribution in [-0.4, -0.2) is 15.0 Å². The Morgan fingerprint density at radius 3 is 2.50 bits per heavy atom. The maximum Gasteiger partial charge on any atom is 0.240 e. The van der Waals surface area contributed by atoms with Crippen LogP contribution in [0.3, 0.4) is 0 Å². The van der Waals surface area contributed by atoms with Gasteiger partial charge in [0.15, 0.2) is 0 Å². The molecule has 0 amide bonds. The molecule has 2 rings (SSSR count). The Morgan fingerprint density at radius 2 is 1.90 bits per heavy atom. The summed E-state index contributed by atoms with van der Waals surface area (Å²) in [5, 5.41) is 5.14. The van der Waals surface area contributed by atoms with E-state index in [-0.39, 0.29) is 4.90 Å². The molecule has 108 valence electrons. The maximum absolute atomic E-state index is 12.1. The van der Waals surface area contributed by atoms with E-state index in [0.29, 0.717) is 6.54 Å². The Bertz CT molecular complexity index is 620. The van der Waals surface area contributed by atoms with Gasteiger partial charge in [-0.05, 0) is 42.1 Å². The fourth-order valence-electron chi connectivity index (χ4n) is 1.68. The highest BCUT2D eigenvalue weighted by Gasteiger charge is 2.13.